The van der Waals surface area contributed by atoms with Gasteiger partial charge in [-0.15, -0.1) is 0 Å². The minimum absolute atomic E-state index is 0.165. The van der Waals surface area contributed by atoms with Gasteiger partial charge in [0.05, 0.1) is 52.0 Å². The summed E-state index contributed by atoms with van der Waals surface area (Å²) in [6.45, 7) is 0. The van der Waals surface area contributed by atoms with Crippen LogP contribution in [0.2, 0.25) is 5.15 Å². The van der Waals surface area contributed by atoms with Gasteiger partial charge in [0.1, 0.15) is 5.15 Å². The Kier molecular flexibility index (Phi) is 6.62. The molecule has 0 aliphatic carbocycles. The van der Waals surface area contributed by atoms with Crippen molar-refractivity contribution in [3.63, 3.8) is 0 Å². The number of ether oxygens (including phenoxy) is 4. The number of carbonyl (C=O) groups is 1. The van der Waals surface area contributed by atoms with Gasteiger partial charge in [0, 0.05) is 29.0 Å². The lowest BCUT2D eigenvalue weighted by molar-refractivity contribution is 0.0678. The average Bonchev–Trinajstić information content (AvgIpc) is 3.62. The summed E-state index contributed by atoms with van der Waals surface area (Å²) in [6, 6.07) is 13.7. The summed E-state index contributed by atoms with van der Waals surface area (Å²) in [4.78, 5) is 18.0. The molecule has 190 valence electrons. The second kappa shape index (κ2) is 10.0. The Morgan fingerprint density at radius 2 is 1.65 bits per heavy atom. The number of nitrogens with zero attached hydrogens (tertiary/aromatic N) is 3. The van der Waals surface area contributed by atoms with Crippen molar-refractivity contribution < 1.29 is 28.2 Å². The third-order valence-electron chi connectivity index (χ3n) is 6.23. The molecule has 4 aromatic rings. The third kappa shape index (κ3) is 4.42. The minimum atomic E-state index is -0.529. The molecule has 1 atom stereocenters. The quantitative estimate of drug-likeness (QED) is 0.296. The van der Waals surface area contributed by atoms with Gasteiger partial charge in [-0.1, -0.05) is 11.6 Å². The summed E-state index contributed by atoms with van der Waals surface area (Å²) >= 11 is 6.70. The van der Waals surface area contributed by atoms with E-state index in [-0.39, 0.29) is 10.9 Å². The summed E-state index contributed by atoms with van der Waals surface area (Å²) in [5, 5.41) is 7.12. The largest absolute Gasteiger partial charge is 0.493 e. The highest BCUT2D eigenvalue weighted by molar-refractivity contribution is 6.30. The van der Waals surface area contributed by atoms with Gasteiger partial charge in [0.25, 0.3) is 0 Å². The summed E-state index contributed by atoms with van der Waals surface area (Å²) in [7, 11) is 6.27. The van der Waals surface area contributed by atoms with Crippen LogP contribution >= 0.6 is 11.6 Å². The van der Waals surface area contributed by atoms with Crippen molar-refractivity contribution in [1.82, 2.24) is 9.99 Å². The molecule has 0 unspecified atom stereocenters. The number of aromatic nitrogens is 1. The maximum Gasteiger partial charge on any atom is 0.310 e. The Morgan fingerprint density at radius 1 is 0.946 bits per heavy atom. The molecule has 1 aliphatic heterocycles. The predicted octanol–water partition coefficient (Wildman–Crippen LogP) is 5.51. The second-order valence-corrected chi connectivity index (χ2v) is 8.59. The van der Waals surface area contributed by atoms with E-state index >= 15 is 0 Å². The van der Waals surface area contributed by atoms with Gasteiger partial charge < -0.3 is 23.4 Å². The first kappa shape index (κ1) is 24.5. The van der Waals surface area contributed by atoms with E-state index in [9.17, 15) is 4.79 Å². The van der Waals surface area contributed by atoms with E-state index in [1.807, 2.05) is 24.3 Å². The van der Waals surface area contributed by atoms with Crippen LogP contribution in [0, 0.1) is 0 Å². The zero-order valence-corrected chi connectivity index (χ0v) is 21.4. The average molecular weight is 522 g/mol. The smallest absolute Gasteiger partial charge is 0.310 e. The molecular weight excluding hydrogens is 498 g/mol. The normalized spacial score (nSPS) is 15.0. The third-order valence-corrected chi connectivity index (χ3v) is 6.53. The van der Waals surface area contributed by atoms with Crippen LogP contribution in [0.25, 0.3) is 10.9 Å². The van der Waals surface area contributed by atoms with E-state index in [2.05, 4.69) is 4.98 Å². The second-order valence-electron chi connectivity index (χ2n) is 8.23. The predicted molar refractivity (Wildman–Crippen MR) is 138 cm³/mol. The minimum Gasteiger partial charge on any atom is -0.493 e. The standard InChI is InChI=1S/C27H24ClN3O6/c1-33-21-8-7-15(11-23(21)34-2)19-13-20(31(30-19)27(32)22-6-5-9-37-22)17-10-16-12-24(35-3)25(36-4)14-18(16)29-26(17)28/h5-12,14,20H,13H2,1-4H3/t20-/m0/s1. The highest BCUT2D eigenvalue weighted by Crippen LogP contribution is 2.40. The Balaban J connectivity index is 1.60. The number of halogens is 1. The van der Waals surface area contributed by atoms with Crippen molar-refractivity contribution in [3.8, 4) is 23.0 Å². The topological polar surface area (TPSA) is 95.6 Å². The molecule has 0 bridgehead atoms. The number of hydrogen-bond donors (Lipinski definition) is 0. The Morgan fingerprint density at radius 3 is 2.32 bits per heavy atom. The van der Waals surface area contributed by atoms with Crippen LogP contribution in [0.4, 0.5) is 0 Å². The molecule has 2 aromatic carbocycles. The van der Waals surface area contributed by atoms with Gasteiger partial charge in [-0.3, -0.25) is 4.79 Å². The zero-order chi connectivity index (χ0) is 26.1. The number of fused-ring (bicyclic) bond motifs is 1. The van der Waals surface area contributed by atoms with Crippen molar-refractivity contribution in [2.24, 2.45) is 5.10 Å². The molecule has 2 aromatic heterocycles. The molecule has 37 heavy (non-hydrogen) atoms. The van der Waals surface area contributed by atoms with Gasteiger partial charge in [0.2, 0.25) is 0 Å². The van der Waals surface area contributed by atoms with E-state index in [1.165, 1.54) is 11.3 Å². The number of hydrogen-bond acceptors (Lipinski definition) is 8. The molecule has 0 saturated carbocycles. The molecule has 0 spiro atoms. The molecule has 5 rings (SSSR count). The van der Waals surface area contributed by atoms with Crippen LogP contribution in [-0.2, 0) is 0 Å². The van der Waals surface area contributed by atoms with Gasteiger partial charge >= 0.3 is 5.91 Å². The Bertz CT molecular complexity index is 1500. The number of methoxy groups -OCH3 is 4. The number of carbonyl (C=O) groups excluding carboxylic acids is 1. The van der Waals surface area contributed by atoms with Crippen LogP contribution in [0.15, 0.2) is 64.3 Å². The van der Waals surface area contributed by atoms with E-state index in [4.69, 9.17) is 40.1 Å². The first-order valence-corrected chi connectivity index (χ1v) is 11.7. The van der Waals surface area contributed by atoms with E-state index in [1.54, 1.807) is 52.7 Å². The molecular formula is C27H24ClN3O6. The summed E-state index contributed by atoms with van der Waals surface area (Å²) < 4.78 is 27.0. The van der Waals surface area contributed by atoms with Crippen LogP contribution in [-0.4, -0.2) is 50.1 Å². The molecule has 0 fully saturated rings. The van der Waals surface area contributed by atoms with Crippen molar-refractivity contribution in [1.29, 1.82) is 0 Å². The lowest BCUT2D eigenvalue weighted by Gasteiger charge is -2.22. The number of rotatable bonds is 7. The lowest BCUT2D eigenvalue weighted by atomic mass is 9.98. The van der Waals surface area contributed by atoms with Crippen molar-refractivity contribution in [2.45, 2.75) is 12.5 Å². The first-order valence-electron chi connectivity index (χ1n) is 11.4. The highest BCUT2D eigenvalue weighted by Gasteiger charge is 2.36. The zero-order valence-electron chi connectivity index (χ0n) is 20.6. The SMILES string of the molecule is COc1ccc(C2=NN(C(=O)c3ccco3)[C@H](c3cc4cc(OC)c(OC)cc4nc3Cl)C2)cc1OC. The van der Waals surface area contributed by atoms with Gasteiger partial charge in [-0.2, -0.15) is 5.10 Å². The molecule has 1 amide bonds. The summed E-state index contributed by atoms with van der Waals surface area (Å²) in [5.41, 5.74) is 2.73. The lowest BCUT2D eigenvalue weighted by Crippen LogP contribution is -2.27. The molecule has 10 heteroatoms. The van der Waals surface area contributed by atoms with Crippen molar-refractivity contribution in [3.05, 3.63) is 76.8 Å². The van der Waals surface area contributed by atoms with E-state index < -0.39 is 11.9 Å². The highest BCUT2D eigenvalue weighted by atomic mass is 35.5. The molecule has 9 nitrogen and oxygen atoms in total. The number of benzene rings is 2. The van der Waals surface area contributed by atoms with Gasteiger partial charge in [-0.25, -0.2) is 9.99 Å². The van der Waals surface area contributed by atoms with Crippen LogP contribution in [0.1, 0.15) is 34.1 Å². The fraction of sp³-hybridized carbons (Fsp3) is 0.222. The van der Waals surface area contributed by atoms with E-state index in [0.717, 1.165) is 10.9 Å². The Labute approximate surface area is 218 Å². The maximum absolute atomic E-state index is 13.4. The fourth-order valence-corrected chi connectivity index (χ4v) is 4.64. The maximum atomic E-state index is 13.4. The summed E-state index contributed by atoms with van der Waals surface area (Å²) in [6.07, 6.45) is 1.84. The van der Waals surface area contributed by atoms with Crippen LogP contribution < -0.4 is 18.9 Å². The Hall–Kier alpha value is -4.24. The van der Waals surface area contributed by atoms with Crippen molar-refractivity contribution >= 4 is 34.1 Å². The monoisotopic (exact) mass is 521 g/mol. The molecule has 1 aliphatic rings. The fourth-order valence-electron chi connectivity index (χ4n) is 4.37. The number of pyridine rings is 1. The summed E-state index contributed by atoms with van der Waals surface area (Å²) in [5.74, 6) is 2.02. The first-order chi connectivity index (χ1) is 18.0. The van der Waals surface area contributed by atoms with Crippen molar-refractivity contribution in [2.75, 3.05) is 28.4 Å². The molecule has 3 heterocycles. The van der Waals surface area contributed by atoms with Crippen LogP contribution in [0.3, 0.4) is 0 Å². The number of amides is 1. The molecule has 0 N–H and O–H groups in total. The van der Waals surface area contributed by atoms with Gasteiger partial charge in [-0.05, 0) is 42.5 Å². The van der Waals surface area contributed by atoms with Crippen LogP contribution in [0.5, 0.6) is 23.0 Å². The van der Waals surface area contributed by atoms with Gasteiger partial charge in [0.15, 0.2) is 28.8 Å². The number of furan rings is 1. The van der Waals surface area contributed by atoms with E-state index in [0.29, 0.717) is 46.2 Å². The molecule has 0 radical (unpaired) electrons. The number of hydrazone groups is 1. The molecule has 0 saturated heterocycles.